The lowest BCUT2D eigenvalue weighted by Gasteiger charge is -2.28. The molecule has 0 aromatic heterocycles. The minimum Gasteiger partial charge on any atom is -0.480 e. The average Bonchev–Trinajstić information content (AvgIpc) is 2.47. The van der Waals surface area contributed by atoms with E-state index < -0.39 is 18.0 Å². The standard InChI is InChI=1S/C14H26N2O5/c1-10(11-5-8-21-9-6-11)15-14(19)16-12(13(17)18)4-3-7-20-2/h10-12H,3-9H2,1-2H3,(H,17,18)(H2,15,16,19). The molecule has 1 aliphatic heterocycles. The van der Waals surface area contributed by atoms with E-state index in [4.69, 9.17) is 14.6 Å². The van der Waals surface area contributed by atoms with Crippen molar-refractivity contribution in [2.24, 2.45) is 5.92 Å². The second kappa shape index (κ2) is 9.57. The van der Waals surface area contributed by atoms with Crippen LogP contribution in [0.3, 0.4) is 0 Å². The first kappa shape index (κ1) is 17.7. The van der Waals surface area contributed by atoms with E-state index >= 15 is 0 Å². The average molecular weight is 302 g/mol. The van der Waals surface area contributed by atoms with Gasteiger partial charge in [-0.1, -0.05) is 0 Å². The number of rotatable bonds is 8. The monoisotopic (exact) mass is 302 g/mol. The summed E-state index contributed by atoms with van der Waals surface area (Å²) in [6, 6.07) is -1.32. The molecule has 0 bridgehead atoms. The van der Waals surface area contributed by atoms with E-state index in [1.54, 1.807) is 7.11 Å². The Labute approximate surface area is 125 Å². The van der Waals surface area contributed by atoms with Gasteiger partial charge in [0, 0.05) is 33.0 Å². The Morgan fingerprint density at radius 3 is 2.57 bits per heavy atom. The molecule has 2 atom stereocenters. The summed E-state index contributed by atoms with van der Waals surface area (Å²) in [5.41, 5.74) is 0. The third-order valence-corrected chi connectivity index (χ3v) is 3.78. The zero-order chi connectivity index (χ0) is 15.7. The molecule has 0 radical (unpaired) electrons. The molecule has 1 aliphatic rings. The smallest absolute Gasteiger partial charge is 0.326 e. The SMILES string of the molecule is COCCCC(NC(=O)NC(C)C1CCOCC1)C(=O)O. The quantitative estimate of drug-likeness (QED) is 0.581. The molecular weight excluding hydrogens is 276 g/mol. The van der Waals surface area contributed by atoms with Gasteiger partial charge in [-0.15, -0.1) is 0 Å². The number of urea groups is 1. The van der Waals surface area contributed by atoms with Crippen molar-refractivity contribution >= 4 is 12.0 Å². The third-order valence-electron chi connectivity index (χ3n) is 3.78. The number of ether oxygens (including phenoxy) is 2. The summed E-state index contributed by atoms with van der Waals surface area (Å²) in [6.07, 6.45) is 2.76. The predicted octanol–water partition coefficient (Wildman–Crippen LogP) is 0.981. The lowest BCUT2D eigenvalue weighted by atomic mass is 9.93. The molecule has 122 valence electrons. The molecule has 0 aromatic carbocycles. The van der Waals surface area contributed by atoms with Crippen molar-refractivity contribution < 1.29 is 24.2 Å². The van der Waals surface area contributed by atoms with Crippen molar-refractivity contribution in [1.82, 2.24) is 10.6 Å². The fourth-order valence-electron chi connectivity index (χ4n) is 2.43. The summed E-state index contributed by atoms with van der Waals surface area (Å²) in [6.45, 7) is 3.85. The number of amides is 2. The summed E-state index contributed by atoms with van der Waals surface area (Å²) in [5, 5.41) is 14.4. The molecular formula is C14H26N2O5. The minimum atomic E-state index is -1.03. The number of methoxy groups -OCH3 is 1. The van der Waals surface area contributed by atoms with Gasteiger partial charge in [-0.3, -0.25) is 0 Å². The molecule has 0 aromatic rings. The van der Waals surface area contributed by atoms with Gasteiger partial charge >= 0.3 is 12.0 Å². The fraction of sp³-hybridized carbons (Fsp3) is 0.857. The lowest BCUT2D eigenvalue weighted by Crippen LogP contribution is -2.50. The molecule has 0 spiro atoms. The number of carbonyl (C=O) groups is 2. The highest BCUT2D eigenvalue weighted by Crippen LogP contribution is 2.18. The van der Waals surface area contributed by atoms with Gasteiger partial charge in [0.1, 0.15) is 6.04 Å². The first-order valence-corrected chi connectivity index (χ1v) is 7.41. The zero-order valence-corrected chi connectivity index (χ0v) is 12.8. The molecule has 2 amide bonds. The summed E-state index contributed by atoms with van der Waals surface area (Å²) >= 11 is 0. The van der Waals surface area contributed by atoms with Gasteiger partial charge in [0.2, 0.25) is 0 Å². The number of hydrogen-bond acceptors (Lipinski definition) is 4. The van der Waals surface area contributed by atoms with Gasteiger partial charge < -0.3 is 25.2 Å². The van der Waals surface area contributed by atoms with E-state index in [-0.39, 0.29) is 6.04 Å². The molecule has 0 aliphatic carbocycles. The first-order chi connectivity index (χ1) is 10.0. The number of carboxylic acids is 1. The van der Waals surface area contributed by atoms with Crippen LogP contribution in [0.5, 0.6) is 0 Å². The predicted molar refractivity (Wildman–Crippen MR) is 77.2 cm³/mol. The molecule has 1 fully saturated rings. The van der Waals surface area contributed by atoms with Gasteiger partial charge in [0.05, 0.1) is 0 Å². The van der Waals surface area contributed by atoms with Crippen LogP contribution in [0.4, 0.5) is 4.79 Å². The number of nitrogens with one attached hydrogen (secondary N) is 2. The third kappa shape index (κ3) is 6.77. The van der Waals surface area contributed by atoms with E-state index in [2.05, 4.69) is 10.6 Å². The van der Waals surface area contributed by atoms with Gasteiger partial charge in [-0.2, -0.15) is 0 Å². The van der Waals surface area contributed by atoms with Crippen LogP contribution in [0, 0.1) is 5.92 Å². The largest absolute Gasteiger partial charge is 0.480 e. The van der Waals surface area contributed by atoms with Crippen LogP contribution in [-0.4, -0.2) is 56.1 Å². The van der Waals surface area contributed by atoms with Gasteiger partial charge in [-0.05, 0) is 38.5 Å². The van der Waals surface area contributed by atoms with Crippen LogP contribution in [0.25, 0.3) is 0 Å². The van der Waals surface area contributed by atoms with Crippen molar-refractivity contribution in [3.05, 3.63) is 0 Å². The summed E-state index contributed by atoms with van der Waals surface area (Å²) in [4.78, 5) is 23.0. The molecule has 0 saturated carbocycles. The number of carbonyl (C=O) groups excluding carboxylic acids is 1. The van der Waals surface area contributed by atoms with Crippen LogP contribution in [0.2, 0.25) is 0 Å². The number of aliphatic carboxylic acids is 1. The highest BCUT2D eigenvalue weighted by atomic mass is 16.5. The highest BCUT2D eigenvalue weighted by molar-refractivity contribution is 5.82. The molecule has 7 nitrogen and oxygen atoms in total. The van der Waals surface area contributed by atoms with E-state index in [0.717, 1.165) is 12.8 Å². The Balaban J connectivity index is 2.36. The van der Waals surface area contributed by atoms with Gasteiger partial charge in [0.15, 0.2) is 0 Å². The van der Waals surface area contributed by atoms with Crippen LogP contribution in [0.1, 0.15) is 32.6 Å². The van der Waals surface area contributed by atoms with Gasteiger partial charge in [-0.25, -0.2) is 9.59 Å². The van der Waals surface area contributed by atoms with Crippen molar-refractivity contribution in [2.45, 2.75) is 44.7 Å². The van der Waals surface area contributed by atoms with Crippen LogP contribution in [-0.2, 0) is 14.3 Å². The van der Waals surface area contributed by atoms with Crippen molar-refractivity contribution in [2.75, 3.05) is 26.9 Å². The Bertz CT molecular complexity index is 331. The molecule has 21 heavy (non-hydrogen) atoms. The summed E-state index contributed by atoms with van der Waals surface area (Å²) in [5.74, 6) is -0.652. The Kier molecular flexibility index (Phi) is 8.07. The highest BCUT2D eigenvalue weighted by Gasteiger charge is 2.24. The van der Waals surface area contributed by atoms with E-state index in [1.807, 2.05) is 6.92 Å². The van der Waals surface area contributed by atoms with Crippen LogP contribution < -0.4 is 10.6 Å². The second-order valence-corrected chi connectivity index (χ2v) is 5.38. The molecule has 1 rings (SSSR count). The Morgan fingerprint density at radius 2 is 2.00 bits per heavy atom. The maximum Gasteiger partial charge on any atom is 0.326 e. The molecule has 1 heterocycles. The van der Waals surface area contributed by atoms with Crippen molar-refractivity contribution in [1.29, 1.82) is 0 Å². The number of carboxylic acid groups (broad SMARTS) is 1. The van der Waals surface area contributed by atoms with Gasteiger partial charge in [0.25, 0.3) is 0 Å². The Hall–Kier alpha value is -1.34. The number of hydrogen-bond donors (Lipinski definition) is 3. The topological polar surface area (TPSA) is 96.9 Å². The summed E-state index contributed by atoms with van der Waals surface area (Å²) in [7, 11) is 1.56. The van der Waals surface area contributed by atoms with Crippen molar-refractivity contribution in [3.8, 4) is 0 Å². The van der Waals surface area contributed by atoms with Crippen molar-refractivity contribution in [3.63, 3.8) is 0 Å². The maximum atomic E-state index is 11.9. The normalized spacial score (nSPS) is 18.8. The first-order valence-electron chi connectivity index (χ1n) is 7.41. The Morgan fingerprint density at radius 1 is 1.33 bits per heavy atom. The van der Waals surface area contributed by atoms with E-state index in [1.165, 1.54) is 0 Å². The second-order valence-electron chi connectivity index (χ2n) is 5.38. The minimum absolute atomic E-state index is 0.00215. The summed E-state index contributed by atoms with van der Waals surface area (Å²) < 4.78 is 10.2. The lowest BCUT2D eigenvalue weighted by molar-refractivity contribution is -0.139. The molecule has 3 N–H and O–H groups in total. The van der Waals surface area contributed by atoms with E-state index in [9.17, 15) is 9.59 Å². The fourth-order valence-corrected chi connectivity index (χ4v) is 2.43. The van der Waals surface area contributed by atoms with E-state index in [0.29, 0.717) is 38.6 Å². The van der Waals surface area contributed by atoms with Crippen LogP contribution in [0.15, 0.2) is 0 Å². The molecule has 2 unspecified atom stereocenters. The molecule has 7 heteroatoms. The molecule has 1 saturated heterocycles. The maximum absolute atomic E-state index is 11.9. The zero-order valence-electron chi connectivity index (χ0n) is 12.8. The van der Waals surface area contributed by atoms with Crippen LogP contribution >= 0.6 is 0 Å².